The summed E-state index contributed by atoms with van der Waals surface area (Å²) in [5.41, 5.74) is 0. The second-order valence-electron chi connectivity index (χ2n) is 2.62. The minimum Gasteiger partial charge on any atom is -0.503 e. The normalized spacial score (nSPS) is 10.2. The molecule has 0 saturated heterocycles. The Morgan fingerprint density at radius 2 is 1.50 bits per heavy atom. The molecule has 0 radical (unpaired) electrons. The van der Waals surface area contributed by atoms with Crippen LogP contribution in [-0.4, -0.2) is 22.8 Å². The van der Waals surface area contributed by atoms with E-state index in [1.165, 1.54) is 0 Å². The Hall–Kier alpha value is -1.99. The Balaban J connectivity index is 3.23. The largest absolute Gasteiger partial charge is 0.503 e. The van der Waals surface area contributed by atoms with Gasteiger partial charge >= 0.3 is 5.97 Å². The van der Waals surface area contributed by atoms with E-state index in [4.69, 9.17) is 10.2 Å². The van der Waals surface area contributed by atoms with E-state index in [1.807, 2.05) is 0 Å². The molecule has 0 spiro atoms. The summed E-state index contributed by atoms with van der Waals surface area (Å²) in [6.07, 6.45) is 0. The molecule has 4 nitrogen and oxygen atoms in total. The highest BCUT2D eigenvalue weighted by Crippen LogP contribution is 2.33. The van der Waals surface area contributed by atoms with Gasteiger partial charge in [0.25, 0.3) is 0 Å². The molecule has 0 amide bonds. The molecular weight excluding hydrogens is 236 g/mol. The second-order valence-corrected chi connectivity index (χ2v) is 2.62. The molecule has 8 heteroatoms. The lowest BCUT2D eigenvalue weighted by atomic mass is 10.2. The van der Waals surface area contributed by atoms with Crippen molar-refractivity contribution in [3.8, 4) is 11.5 Å². The van der Waals surface area contributed by atoms with Gasteiger partial charge in [-0.1, -0.05) is 0 Å². The summed E-state index contributed by atoms with van der Waals surface area (Å²) in [5.74, 6) is -13.1. The number of hydrogen-bond acceptors (Lipinski definition) is 3. The first kappa shape index (κ1) is 12.1. The number of phenols is 1. The molecule has 0 atom stereocenters. The Morgan fingerprint density at radius 1 is 1.06 bits per heavy atom. The number of aliphatic carboxylic acids is 1. The Kier molecular flexibility index (Phi) is 3.21. The number of carbonyl (C=O) groups is 1. The fourth-order valence-corrected chi connectivity index (χ4v) is 0.861. The van der Waals surface area contributed by atoms with Crippen LogP contribution in [0, 0.1) is 23.3 Å². The van der Waals surface area contributed by atoms with Crippen LogP contribution in [-0.2, 0) is 4.79 Å². The molecule has 0 saturated carbocycles. The summed E-state index contributed by atoms with van der Waals surface area (Å²) in [4.78, 5) is 10.0. The van der Waals surface area contributed by atoms with Crippen molar-refractivity contribution < 1.29 is 37.3 Å². The van der Waals surface area contributed by atoms with E-state index in [1.54, 1.807) is 0 Å². The van der Waals surface area contributed by atoms with Crippen LogP contribution in [0.2, 0.25) is 0 Å². The number of aromatic hydroxyl groups is 1. The van der Waals surface area contributed by atoms with Crippen molar-refractivity contribution in [1.29, 1.82) is 0 Å². The van der Waals surface area contributed by atoms with Gasteiger partial charge in [0.15, 0.2) is 18.1 Å². The van der Waals surface area contributed by atoms with E-state index in [-0.39, 0.29) is 0 Å². The van der Waals surface area contributed by atoms with Crippen LogP contribution in [0.15, 0.2) is 0 Å². The molecule has 1 aromatic carbocycles. The number of carboxylic acid groups (broad SMARTS) is 1. The number of halogens is 4. The maximum atomic E-state index is 12.9. The van der Waals surface area contributed by atoms with Crippen LogP contribution in [0.5, 0.6) is 11.5 Å². The predicted octanol–water partition coefficient (Wildman–Crippen LogP) is 1.41. The average molecular weight is 240 g/mol. The van der Waals surface area contributed by atoms with E-state index in [0.717, 1.165) is 0 Å². The second kappa shape index (κ2) is 4.25. The highest BCUT2D eigenvalue weighted by atomic mass is 19.2. The van der Waals surface area contributed by atoms with Crippen LogP contribution < -0.4 is 4.74 Å². The fourth-order valence-electron chi connectivity index (χ4n) is 0.861. The van der Waals surface area contributed by atoms with Crippen molar-refractivity contribution in [1.82, 2.24) is 0 Å². The van der Waals surface area contributed by atoms with E-state index in [0.29, 0.717) is 0 Å². The number of carboxylic acids is 1. The lowest BCUT2D eigenvalue weighted by molar-refractivity contribution is -0.139. The summed E-state index contributed by atoms with van der Waals surface area (Å²) < 4.78 is 55.2. The van der Waals surface area contributed by atoms with Crippen molar-refractivity contribution >= 4 is 5.97 Å². The molecule has 88 valence electrons. The molecule has 0 aliphatic rings. The van der Waals surface area contributed by atoms with Crippen LogP contribution in [0.25, 0.3) is 0 Å². The zero-order chi connectivity index (χ0) is 12.5. The van der Waals surface area contributed by atoms with Crippen LogP contribution in [0.3, 0.4) is 0 Å². The molecule has 0 fully saturated rings. The number of rotatable bonds is 3. The summed E-state index contributed by atoms with van der Waals surface area (Å²) in [7, 11) is 0. The number of phenolic OH excluding ortho intramolecular Hbond substituents is 1. The SMILES string of the molecule is O=C(O)COc1c(F)c(F)c(O)c(F)c1F. The first-order chi connectivity index (χ1) is 7.36. The fraction of sp³-hybridized carbons (Fsp3) is 0.125. The molecule has 0 heterocycles. The first-order valence-electron chi connectivity index (χ1n) is 3.75. The third-order valence-electron chi connectivity index (χ3n) is 1.54. The average Bonchev–Trinajstić information content (AvgIpc) is 2.23. The first-order valence-corrected chi connectivity index (χ1v) is 3.75. The minimum atomic E-state index is -2.06. The van der Waals surface area contributed by atoms with Crippen LogP contribution >= 0.6 is 0 Å². The third kappa shape index (κ3) is 2.00. The minimum absolute atomic E-state index is 1.18. The van der Waals surface area contributed by atoms with Crippen LogP contribution in [0.4, 0.5) is 17.6 Å². The number of benzene rings is 1. The zero-order valence-electron chi connectivity index (χ0n) is 7.43. The molecule has 1 aromatic rings. The van der Waals surface area contributed by atoms with Gasteiger partial charge in [-0.3, -0.25) is 0 Å². The smallest absolute Gasteiger partial charge is 0.341 e. The van der Waals surface area contributed by atoms with E-state index >= 15 is 0 Å². The molecule has 1 rings (SSSR count). The quantitative estimate of drug-likeness (QED) is 0.619. The summed E-state index contributed by atoms with van der Waals surface area (Å²) in [6.45, 7) is -1.18. The van der Waals surface area contributed by atoms with E-state index in [2.05, 4.69) is 4.74 Å². The summed E-state index contributed by atoms with van der Waals surface area (Å²) in [6, 6.07) is 0. The molecule has 16 heavy (non-hydrogen) atoms. The maximum absolute atomic E-state index is 12.9. The summed E-state index contributed by atoms with van der Waals surface area (Å²) in [5, 5.41) is 16.7. The van der Waals surface area contributed by atoms with Crippen LogP contribution in [0.1, 0.15) is 0 Å². The molecule has 0 aliphatic carbocycles. The number of ether oxygens (including phenoxy) is 1. The van der Waals surface area contributed by atoms with Gasteiger partial charge in [0.05, 0.1) is 0 Å². The molecule has 0 unspecified atom stereocenters. The topological polar surface area (TPSA) is 66.8 Å². The Labute approximate surface area is 85.7 Å². The van der Waals surface area contributed by atoms with Gasteiger partial charge in [-0.2, -0.15) is 17.6 Å². The molecular formula is C8H4F4O4. The molecule has 0 bridgehead atoms. The van der Waals surface area contributed by atoms with Crippen molar-refractivity contribution in [2.75, 3.05) is 6.61 Å². The van der Waals surface area contributed by atoms with Gasteiger partial charge in [0.2, 0.25) is 23.3 Å². The van der Waals surface area contributed by atoms with Gasteiger partial charge in [-0.05, 0) is 0 Å². The Bertz CT molecular complexity index is 417. The van der Waals surface area contributed by atoms with Crippen molar-refractivity contribution in [3.63, 3.8) is 0 Å². The lowest BCUT2D eigenvalue weighted by Crippen LogP contribution is -2.12. The molecule has 0 aliphatic heterocycles. The monoisotopic (exact) mass is 240 g/mol. The number of hydrogen-bond donors (Lipinski definition) is 2. The summed E-state index contributed by atoms with van der Waals surface area (Å²) >= 11 is 0. The maximum Gasteiger partial charge on any atom is 0.341 e. The van der Waals surface area contributed by atoms with Crippen molar-refractivity contribution in [2.45, 2.75) is 0 Å². The van der Waals surface area contributed by atoms with Gasteiger partial charge in [-0.15, -0.1) is 0 Å². The van der Waals surface area contributed by atoms with Gasteiger partial charge in [-0.25, -0.2) is 4.79 Å². The zero-order valence-corrected chi connectivity index (χ0v) is 7.43. The van der Waals surface area contributed by atoms with Crippen molar-refractivity contribution in [2.24, 2.45) is 0 Å². The molecule has 0 aromatic heterocycles. The van der Waals surface area contributed by atoms with Gasteiger partial charge in [0.1, 0.15) is 0 Å². The highest BCUT2D eigenvalue weighted by molar-refractivity contribution is 5.68. The third-order valence-corrected chi connectivity index (χ3v) is 1.54. The highest BCUT2D eigenvalue weighted by Gasteiger charge is 2.26. The lowest BCUT2D eigenvalue weighted by Gasteiger charge is -2.08. The van der Waals surface area contributed by atoms with Crippen molar-refractivity contribution in [3.05, 3.63) is 23.3 Å². The predicted molar refractivity (Wildman–Crippen MR) is 41.1 cm³/mol. The van der Waals surface area contributed by atoms with E-state index < -0.39 is 47.3 Å². The van der Waals surface area contributed by atoms with Gasteiger partial charge < -0.3 is 14.9 Å². The van der Waals surface area contributed by atoms with E-state index in [9.17, 15) is 22.4 Å². The molecule has 2 N–H and O–H groups in total. The Morgan fingerprint density at radius 3 is 1.88 bits per heavy atom. The van der Waals surface area contributed by atoms with Gasteiger partial charge in [0, 0.05) is 0 Å². The standard InChI is InChI=1S/C8H4F4O4/c9-3-5(11)8(16-1-2(13)14)6(12)4(10)7(3)15/h15H,1H2,(H,13,14).